The molecule has 0 unspecified atom stereocenters. The van der Waals surface area contributed by atoms with Crippen molar-refractivity contribution in [2.24, 2.45) is 0 Å². The average molecular weight is 342 g/mol. The molecule has 0 aliphatic heterocycles. The zero-order valence-corrected chi connectivity index (χ0v) is 14.9. The van der Waals surface area contributed by atoms with E-state index >= 15 is 0 Å². The van der Waals surface area contributed by atoms with Gasteiger partial charge in [-0.1, -0.05) is 19.1 Å². The quantitative estimate of drug-likeness (QED) is 0.698. The summed E-state index contributed by atoms with van der Waals surface area (Å²) in [5, 5.41) is 2.75. The first-order chi connectivity index (χ1) is 10.9. The van der Waals surface area contributed by atoms with Crippen LogP contribution in [-0.2, 0) is 21.2 Å². The molecule has 0 heterocycles. The third-order valence-corrected chi connectivity index (χ3v) is 4.74. The van der Waals surface area contributed by atoms with Gasteiger partial charge >= 0.3 is 0 Å². The number of benzene rings is 1. The molecule has 0 saturated heterocycles. The molecule has 1 rings (SSSR count). The summed E-state index contributed by atoms with van der Waals surface area (Å²) in [6.07, 6.45) is 2.80. The maximum atomic E-state index is 11.9. The number of hydrogen-bond acceptors (Lipinski definition) is 4. The lowest BCUT2D eigenvalue weighted by molar-refractivity contribution is -0.121. The largest absolute Gasteiger partial charge is 0.497 e. The van der Waals surface area contributed by atoms with Gasteiger partial charge in [0.15, 0.2) is 0 Å². The van der Waals surface area contributed by atoms with Crippen LogP contribution in [0.2, 0.25) is 0 Å². The second-order valence-electron chi connectivity index (χ2n) is 5.36. The third kappa shape index (κ3) is 7.47. The van der Waals surface area contributed by atoms with Crippen LogP contribution in [0.3, 0.4) is 0 Å². The number of nitrogens with one attached hydrogen (secondary N) is 1. The van der Waals surface area contributed by atoms with E-state index in [1.165, 1.54) is 10.6 Å². The van der Waals surface area contributed by atoms with Gasteiger partial charge in [0.25, 0.3) is 0 Å². The van der Waals surface area contributed by atoms with Crippen molar-refractivity contribution in [1.82, 2.24) is 9.62 Å². The highest BCUT2D eigenvalue weighted by molar-refractivity contribution is 7.88. The zero-order valence-electron chi connectivity index (χ0n) is 14.0. The van der Waals surface area contributed by atoms with Crippen LogP contribution in [-0.4, -0.2) is 51.6 Å². The first-order valence-electron chi connectivity index (χ1n) is 7.71. The fourth-order valence-electron chi connectivity index (χ4n) is 2.07. The van der Waals surface area contributed by atoms with E-state index in [-0.39, 0.29) is 18.9 Å². The van der Waals surface area contributed by atoms with Crippen molar-refractivity contribution < 1.29 is 17.9 Å². The normalized spacial score (nSPS) is 11.5. The van der Waals surface area contributed by atoms with E-state index in [0.717, 1.165) is 17.7 Å². The zero-order chi connectivity index (χ0) is 17.3. The topological polar surface area (TPSA) is 75.7 Å². The summed E-state index contributed by atoms with van der Waals surface area (Å²) in [4.78, 5) is 11.6. The Balaban J connectivity index is 2.56. The molecule has 23 heavy (non-hydrogen) atoms. The predicted molar refractivity (Wildman–Crippen MR) is 91.0 cm³/mol. The molecule has 0 aliphatic rings. The lowest BCUT2D eigenvalue weighted by Gasteiger charge is -2.19. The summed E-state index contributed by atoms with van der Waals surface area (Å²) >= 11 is 0. The molecule has 0 aromatic heterocycles. The Hall–Kier alpha value is -1.60. The van der Waals surface area contributed by atoms with Crippen molar-refractivity contribution in [3.8, 4) is 5.75 Å². The Kier molecular flexibility index (Phi) is 8.05. The second-order valence-corrected chi connectivity index (χ2v) is 7.34. The van der Waals surface area contributed by atoms with Crippen LogP contribution < -0.4 is 10.1 Å². The van der Waals surface area contributed by atoms with Crippen molar-refractivity contribution in [2.75, 3.05) is 33.0 Å². The molecular weight excluding hydrogens is 316 g/mol. The molecular formula is C16H26N2O4S. The molecule has 130 valence electrons. The number of hydrogen-bond donors (Lipinski definition) is 1. The first kappa shape index (κ1) is 19.4. The lowest BCUT2D eigenvalue weighted by atomic mass is 10.1. The van der Waals surface area contributed by atoms with Crippen LogP contribution in [0.4, 0.5) is 0 Å². The summed E-state index contributed by atoms with van der Waals surface area (Å²) in [5.41, 5.74) is 1.02. The van der Waals surface area contributed by atoms with Gasteiger partial charge in [0, 0.05) is 26.1 Å². The Morgan fingerprint density at radius 2 is 1.87 bits per heavy atom. The van der Waals surface area contributed by atoms with Crippen LogP contribution in [0.1, 0.15) is 25.3 Å². The van der Waals surface area contributed by atoms with Gasteiger partial charge in [0.2, 0.25) is 15.9 Å². The number of carbonyl (C=O) groups is 1. The minimum Gasteiger partial charge on any atom is -0.497 e. The van der Waals surface area contributed by atoms with Crippen LogP contribution in [0.25, 0.3) is 0 Å². The van der Waals surface area contributed by atoms with Gasteiger partial charge in [-0.3, -0.25) is 4.79 Å². The molecule has 0 radical (unpaired) electrons. The smallest absolute Gasteiger partial charge is 0.221 e. The van der Waals surface area contributed by atoms with Crippen molar-refractivity contribution in [2.45, 2.75) is 26.2 Å². The van der Waals surface area contributed by atoms with E-state index in [0.29, 0.717) is 19.5 Å². The highest BCUT2D eigenvalue weighted by atomic mass is 32.2. The van der Waals surface area contributed by atoms with Gasteiger partial charge in [0.05, 0.1) is 13.4 Å². The number of sulfonamides is 1. The second kappa shape index (κ2) is 9.52. The number of nitrogens with zero attached hydrogens (tertiary/aromatic N) is 1. The van der Waals surface area contributed by atoms with Gasteiger partial charge in [-0.25, -0.2) is 12.7 Å². The molecule has 7 heteroatoms. The minimum absolute atomic E-state index is 0.120. The lowest BCUT2D eigenvalue weighted by Crippen LogP contribution is -2.36. The van der Waals surface area contributed by atoms with Crippen LogP contribution in [0, 0.1) is 0 Å². The number of rotatable bonds is 10. The van der Waals surface area contributed by atoms with E-state index in [1.807, 2.05) is 31.2 Å². The number of ether oxygens (including phenoxy) is 1. The summed E-state index contributed by atoms with van der Waals surface area (Å²) < 4.78 is 30.2. The Bertz CT molecular complexity index is 585. The molecule has 0 spiro atoms. The van der Waals surface area contributed by atoms with Crippen LogP contribution in [0.5, 0.6) is 5.75 Å². The summed E-state index contributed by atoms with van der Waals surface area (Å²) in [5.74, 6) is 0.645. The van der Waals surface area contributed by atoms with Crippen molar-refractivity contribution in [3.05, 3.63) is 29.8 Å². The van der Waals surface area contributed by atoms with E-state index in [1.54, 1.807) is 7.11 Å². The minimum atomic E-state index is -3.34. The summed E-state index contributed by atoms with van der Waals surface area (Å²) in [6.45, 7) is 3.14. The third-order valence-electron chi connectivity index (χ3n) is 3.44. The van der Waals surface area contributed by atoms with Gasteiger partial charge in [-0.2, -0.15) is 0 Å². The maximum absolute atomic E-state index is 11.9. The molecule has 1 amide bonds. The number of amides is 1. The molecule has 0 saturated carbocycles. The number of carbonyl (C=O) groups excluding carboxylic acids is 1. The Morgan fingerprint density at radius 3 is 2.39 bits per heavy atom. The summed E-state index contributed by atoms with van der Waals surface area (Å²) in [7, 11) is -1.73. The van der Waals surface area contributed by atoms with Gasteiger partial charge < -0.3 is 10.1 Å². The fourth-order valence-corrected chi connectivity index (χ4v) is 2.91. The molecule has 1 aromatic rings. The van der Waals surface area contributed by atoms with Crippen LogP contribution in [0.15, 0.2) is 24.3 Å². The molecule has 0 bridgehead atoms. The molecule has 1 N–H and O–H groups in total. The molecule has 0 aliphatic carbocycles. The van der Waals surface area contributed by atoms with E-state index in [9.17, 15) is 13.2 Å². The molecule has 0 fully saturated rings. The van der Waals surface area contributed by atoms with Gasteiger partial charge in [0.1, 0.15) is 5.75 Å². The van der Waals surface area contributed by atoms with E-state index < -0.39 is 10.0 Å². The van der Waals surface area contributed by atoms with E-state index in [2.05, 4.69) is 5.32 Å². The standard InChI is InChI=1S/C16H26N2O4S/c1-4-11-17-16(19)10-13-18(23(3,20)21)12-9-14-5-7-15(22-2)8-6-14/h5-8H,4,9-13H2,1-3H3,(H,17,19). The molecule has 6 nitrogen and oxygen atoms in total. The van der Waals surface area contributed by atoms with Crippen molar-refractivity contribution in [1.29, 1.82) is 0 Å². The Labute approximate surface area is 138 Å². The summed E-state index contributed by atoms with van der Waals surface area (Å²) in [6, 6.07) is 7.51. The number of methoxy groups -OCH3 is 1. The monoisotopic (exact) mass is 342 g/mol. The van der Waals surface area contributed by atoms with Gasteiger partial charge in [-0.15, -0.1) is 0 Å². The predicted octanol–water partition coefficient (Wildman–Crippen LogP) is 1.42. The molecule has 0 atom stereocenters. The van der Waals surface area contributed by atoms with E-state index in [4.69, 9.17) is 4.74 Å². The van der Waals surface area contributed by atoms with Gasteiger partial charge in [-0.05, 0) is 30.5 Å². The maximum Gasteiger partial charge on any atom is 0.221 e. The van der Waals surface area contributed by atoms with Crippen molar-refractivity contribution >= 4 is 15.9 Å². The van der Waals surface area contributed by atoms with Crippen molar-refractivity contribution in [3.63, 3.8) is 0 Å². The highest BCUT2D eigenvalue weighted by Crippen LogP contribution is 2.12. The fraction of sp³-hybridized carbons (Fsp3) is 0.562. The SMILES string of the molecule is CCCNC(=O)CCN(CCc1ccc(OC)cc1)S(C)(=O)=O. The van der Waals surface area contributed by atoms with Crippen LogP contribution >= 0.6 is 0 Å². The highest BCUT2D eigenvalue weighted by Gasteiger charge is 2.17. The Morgan fingerprint density at radius 1 is 1.22 bits per heavy atom. The first-order valence-corrected chi connectivity index (χ1v) is 9.56. The molecule has 1 aromatic carbocycles. The average Bonchev–Trinajstić information content (AvgIpc) is 2.52.